The van der Waals surface area contributed by atoms with Crippen LogP contribution in [0, 0.1) is 0 Å². The molecule has 0 heterocycles. The highest BCUT2D eigenvalue weighted by atomic mass is 16.6. The van der Waals surface area contributed by atoms with E-state index in [1.165, 1.54) is 6.07 Å². The highest BCUT2D eigenvalue weighted by Crippen LogP contribution is 2.22. The van der Waals surface area contributed by atoms with Crippen molar-refractivity contribution in [3.8, 4) is 0 Å². The number of rotatable bonds is 8. The zero-order chi connectivity index (χ0) is 21.1. The summed E-state index contributed by atoms with van der Waals surface area (Å²) in [5.41, 5.74) is 15.5. The lowest BCUT2D eigenvalue weighted by Gasteiger charge is -2.14. The smallest absolute Gasteiger partial charge is 0.396 e. The predicted octanol–water partition coefficient (Wildman–Crippen LogP) is 3.06. The normalized spacial score (nSPS) is 9.43. The summed E-state index contributed by atoms with van der Waals surface area (Å²) < 4.78 is 9.17. The number of carboxylic acids is 2. The molecule has 2 amide bonds. The Bertz CT molecular complexity index is 901. The molecule has 0 spiro atoms. The van der Waals surface area contributed by atoms with E-state index < -0.39 is 30.7 Å². The summed E-state index contributed by atoms with van der Waals surface area (Å²) >= 11 is 0. The van der Waals surface area contributed by atoms with E-state index in [1.54, 1.807) is 0 Å². The minimum atomic E-state index is -1.45. The first kappa shape index (κ1) is 21.8. The Balaban J connectivity index is 3.14. The second-order valence-electron chi connectivity index (χ2n) is 4.84. The summed E-state index contributed by atoms with van der Waals surface area (Å²) in [5.74, 6) is -2.85. The average molecular weight is 392 g/mol. The van der Waals surface area contributed by atoms with E-state index in [4.69, 9.17) is 11.1 Å². The van der Waals surface area contributed by atoms with Crippen LogP contribution >= 0.6 is 0 Å². The Labute approximate surface area is 155 Å². The number of carbonyl (C=O) groups excluding carboxylic acids is 2. The number of aromatic carboxylic acids is 2. The van der Waals surface area contributed by atoms with Gasteiger partial charge >= 0.3 is 24.1 Å². The van der Waals surface area contributed by atoms with Gasteiger partial charge in [-0.1, -0.05) is 6.07 Å². The minimum Gasteiger partial charge on any atom is -0.478 e. The van der Waals surface area contributed by atoms with Gasteiger partial charge in [-0.2, -0.15) is 0 Å². The van der Waals surface area contributed by atoms with Crippen molar-refractivity contribution in [2.45, 2.75) is 12.8 Å². The van der Waals surface area contributed by atoms with E-state index in [9.17, 15) is 29.4 Å². The molecule has 14 nitrogen and oxygen atoms in total. The molecule has 0 bridgehead atoms. The highest BCUT2D eigenvalue weighted by Gasteiger charge is 2.22. The number of nitrogens with zero attached hydrogens (tertiary/aromatic N) is 6. The van der Waals surface area contributed by atoms with Crippen molar-refractivity contribution in [2.75, 3.05) is 13.2 Å². The second kappa shape index (κ2) is 10.7. The first-order chi connectivity index (χ1) is 13.3. The fourth-order valence-electron chi connectivity index (χ4n) is 2.25. The molecule has 0 aliphatic rings. The number of benzene rings is 1. The number of azide groups is 2. The highest BCUT2D eigenvalue weighted by molar-refractivity contribution is 5.97. The summed E-state index contributed by atoms with van der Waals surface area (Å²) in [6.07, 6.45) is -2.86. The van der Waals surface area contributed by atoms with Crippen LogP contribution in [0.3, 0.4) is 0 Å². The summed E-state index contributed by atoms with van der Waals surface area (Å²) in [6.45, 7) is -0.760. The number of carbonyl (C=O) groups is 4. The van der Waals surface area contributed by atoms with Crippen molar-refractivity contribution in [3.63, 3.8) is 0 Å². The van der Waals surface area contributed by atoms with Crippen molar-refractivity contribution >= 4 is 24.1 Å². The van der Waals surface area contributed by atoms with Crippen LogP contribution in [0.4, 0.5) is 9.59 Å². The van der Waals surface area contributed by atoms with Crippen LogP contribution in [0.5, 0.6) is 0 Å². The fourth-order valence-corrected chi connectivity index (χ4v) is 2.25. The lowest BCUT2D eigenvalue weighted by molar-refractivity contribution is 0.0694. The van der Waals surface area contributed by atoms with Crippen LogP contribution in [0.2, 0.25) is 0 Å². The average Bonchev–Trinajstić information content (AvgIpc) is 2.61. The maximum absolute atomic E-state index is 11.7. The molecule has 0 saturated carbocycles. The van der Waals surface area contributed by atoms with Gasteiger partial charge in [0.05, 0.1) is 24.3 Å². The summed E-state index contributed by atoms with van der Waals surface area (Å²) in [7, 11) is 0. The van der Waals surface area contributed by atoms with E-state index in [2.05, 4.69) is 29.5 Å². The molecule has 1 aromatic rings. The lowest BCUT2D eigenvalue weighted by Crippen LogP contribution is -2.16. The van der Waals surface area contributed by atoms with Crippen LogP contribution in [0.15, 0.2) is 22.4 Å². The second-order valence-corrected chi connectivity index (χ2v) is 4.84. The monoisotopic (exact) mass is 392 g/mol. The van der Waals surface area contributed by atoms with Crippen molar-refractivity contribution in [3.05, 3.63) is 55.3 Å². The van der Waals surface area contributed by atoms with Crippen LogP contribution in [-0.2, 0) is 22.3 Å². The third-order valence-electron chi connectivity index (χ3n) is 3.27. The van der Waals surface area contributed by atoms with Gasteiger partial charge in [0.25, 0.3) is 0 Å². The predicted molar refractivity (Wildman–Crippen MR) is 88.8 cm³/mol. The lowest BCUT2D eigenvalue weighted by atomic mass is 9.92. The van der Waals surface area contributed by atoms with Crippen LogP contribution in [0.1, 0.15) is 31.8 Å². The number of carboxylic acid groups (broad SMARTS) is 2. The van der Waals surface area contributed by atoms with E-state index in [-0.39, 0.29) is 41.7 Å². The van der Waals surface area contributed by atoms with E-state index in [0.29, 0.717) is 0 Å². The zero-order valence-electron chi connectivity index (χ0n) is 14.0. The summed E-state index contributed by atoms with van der Waals surface area (Å²) in [4.78, 5) is 49.6. The van der Waals surface area contributed by atoms with E-state index in [0.717, 1.165) is 6.07 Å². The Morgan fingerprint density at radius 1 is 0.893 bits per heavy atom. The molecule has 0 aromatic heterocycles. The number of ether oxygens (including phenoxy) is 2. The molecule has 1 rings (SSSR count). The Kier molecular flexibility index (Phi) is 8.28. The number of hydrogen-bond donors (Lipinski definition) is 2. The third-order valence-corrected chi connectivity index (χ3v) is 3.27. The molecule has 0 fully saturated rings. The van der Waals surface area contributed by atoms with Crippen molar-refractivity contribution < 1.29 is 38.9 Å². The molecule has 0 radical (unpaired) electrons. The molecule has 1 aromatic carbocycles. The quantitative estimate of drug-likeness (QED) is 0.378. The van der Waals surface area contributed by atoms with E-state index >= 15 is 0 Å². The standard InChI is InChI=1S/C14H12N6O8/c15-19-17-13(25)27-5-3-7-1-2-9(11(21)22)8(10(7)12(23)24)4-6-28-14(26)18-20-16/h1-2H,3-6H2,(H,21,22)(H,23,24). The maximum atomic E-state index is 11.7. The molecule has 2 N–H and O–H groups in total. The molecule has 0 saturated heterocycles. The Morgan fingerprint density at radius 2 is 1.43 bits per heavy atom. The zero-order valence-corrected chi connectivity index (χ0v) is 14.0. The molecule has 28 heavy (non-hydrogen) atoms. The fraction of sp³-hybridized carbons (Fsp3) is 0.286. The van der Waals surface area contributed by atoms with Crippen molar-refractivity contribution in [2.24, 2.45) is 10.2 Å². The summed E-state index contributed by atoms with van der Waals surface area (Å²) in [5, 5.41) is 24.1. The molecule has 0 aliphatic heterocycles. The first-order valence-corrected chi connectivity index (χ1v) is 7.36. The molecule has 146 valence electrons. The van der Waals surface area contributed by atoms with Gasteiger partial charge in [0, 0.05) is 32.9 Å². The maximum Gasteiger partial charge on any atom is 0.396 e. The van der Waals surface area contributed by atoms with Crippen molar-refractivity contribution in [1.29, 1.82) is 0 Å². The minimum absolute atomic E-state index is 0.111. The number of hydrogen-bond acceptors (Lipinski definition) is 6. The molecule has 14 heteroatoms. The molecular weight excluding hydrogens is 380 g/mol. The SMILES string of the molecule is [N-]=[N+]=NC(=O)OCCc1ccc(C(=O)O)c(CCOC(=O)N=[N+]=[N-])c1C(=O)O. The molecule has 0 unspecified atom stereocenters. The number of amides is 2. The molecule has 0 aliphatic carbocycles. The molecular formula is C14H12N6O8. The molecule has 0 atom stereocenters. The third kappa shape index (κ3) is 6.22. The first-order valence-electron chi connectivity index (χ1n) is 7.36. The van der Waals surface area contributed by atoms with Gasteiger partial charge in [-0.3, -0.25) is 0 Å². The van der Waals surface area contributed by atoms with Gasteiger partial charge in [-0.15, -0.1) is 0 Å². The van der Waals surface area contributed by atoms with Gasteiger partial charge in [-0.05, 0) is 28.3 Å². The van der Waals surface area contributed by atoms with Gasteiger partial charge < -0.3 is 19.7 Å². The van der Waals surface area contributed by atoms with Crippen LogP contribution in [0.25, 0.3) is 20.9 Å². The van der Waals surface area contributed by atoms with Crippen LogP contribution in [-0.4, -0.2) is 47.6 Å². The van der Waals surface area contributed by atoms with Crippen molar-refractivity contribution in [1.82, 2.24) is 0 Å². The Hall–Kier alpha value is -4.28. The van der Waals surface area contributed by atoms with Gasteiger partial charge in [-0.25, -0.2) is 19.2 Å². The summed E-state index contributed by atoms with van der Waals surface area (Å²) in [6, 6.07) is 2.40. The van der Waals surface area contributed by atoms with E-state index in [1.807, 2.05) is 0 Å². The Morgan fingerprint density at radius 3 is 1.89 bits per heavy atom. The van der Waals surface area contributed by atoms with Gasteiger partial charge in [0.2, 0.25) is 0 Å². The topological polar surface area (TPSA) is 225 Å². The largest absolute Gasteiger partial charge is 0.478 e. The van der Waals surface area contributed by atoms with Gasteiger partial charge in [0.15, 0.2) is 0 Å². The van der Waals surface area contributed by atoms with Crippen LogP contribution < -0.4 is 0 Å². The van der Waals surface area contributed by atoms with Gasteiger partial charge in [0.1, 0.15) is 0 Å².